The van der Waals surface area contributed by atoms with Crippen molar-refractivity contribution in [3.8, 4) is 28.7 Å². The molecule has 19 heavy (non-hydrogen) atoms. The van der Waals surface area contributed by atoms with Crippen molar-refractivity contribution in [2.45, 2.75) is 6.92 Å². The number of phenols is 1. The van der Waals surface area contributed by atoms with Crippen LogP contribution in [0.3, 0.4) is 0 Å². The molecule has 1 aromatic carbocycles. The maximum atomic E-state index is 9.68. The molecular weight excluding hydrogens is 244 g/mol. The summed E-state index contributed by atoms with van der Waals surface area (Å²) in [7, 11) is 1.82. The monoisotopic (exact) mass is 256 g/mol. The molecule has 0 aliphatic heterocycles. The van der Waals surface area contributed by atoms with Crippen molar-refractivity contribution in [1.82, 2.24) is 19.9 Å². The lowest BCUT2D eigenvalue weighted by molar-refractivity contribution is 0.431. The van der Waals surface area contributed by atoms with E-state index in [0.717, 1.165) is 5.56 Å². The Morgan fingerprint density at radius 2 is 2.11 bits per heavy atom. The molecule has 0 aliphatic carbocycles. The van der Waals surface area contributed by atoms with Crippen LogP contribution in [0.2, 0.25) is 0 Å². The molecule has 0 atom stereocenters. The van der Waals surface area contributed by atoms with Gasteiger partial charge < -0.3 is 9.63 Å². The quantitative estimate of drug-likeness (QED) is 0.760. The number of benzene rings is 1. The average molecular weight is 256 g/mol. The Labute approximate surface area is 109 Å². The number of aromatic nitrogens is 4. The van der Waals surface area contributed by atoms with E-state index in [2.05, 4.69) is 15.2 Å². The van der Waals surface area contributed by atoms with Gasteiger partial charge in [0.25, 0.3) is 5.89 Å². The molecule has 0 unspecified atom stereocenters. The lowest BCUT2D eigenvalue weighted by Crippen LogP contribution is -1.88. The minimum absolute atomic E-state index is 0.204. The predicted octanol–water partition coefficient (Wildman–Crippen LogP) is 2.15. The van der Waals surface area contributed by atoms with E-state index in [1.54, 1.807) is 22.9 Å². The summed E-state index contributed by atoms with van der Waals surface area (Å²) in [5, 5.41) is 17.8. The van der Waals surface area contributed by atoms with Gasteiger partial charge >= 0.3 is 0 Å². The summed E-state index contributed by atoms with van der Waals surface area (Å²) in [6.45, 7) is 1.83. The van der Waals surface area contributed by atoms with Crippen LogP contribution in [0.5, 0.6) is 5.75 Å². The van der Waals surface area contributed by atoms with Gasteiger partial charge in [-0.15, -0.1) is 0 Å². The van der Waals surface area contributed by atoms with Crippen LogP contribution in [0, 0.1) is 6.92 Å². The molecule has 2 heterocycles. The third-order valence-electron chi connectivity index (χ3n) is 2.82. The van der Waals surface area contributed by atoms with Gasteiger partial charge in [0, 0.05) is 18.8 Å². The van der Waals surface area contributed by atoms with Gasteiger partial charge in [-0.1, -0.05) is 11.2 Å². The summed E-state index contributed by atoms with van der Waals surface area (Å²) in [6, 6.07) is 7.03. The lowest BCUT2D eigenvalue weighted by atomic mass is 10.1. The standard InChI is InChI=1S/C13H12N4O2/c1-8-3-4-9(7-11(8)18)13-14-12(16-19-13)10-5-6-17(2)15-10/h3-7,18H,1-2H3. The van der Waals surface area contributed by atoms with Gasteiger partial charge in [0.05, 0.1) is 0 Å². The van der Waals surface area contributed by atoms with E-state index in [4.69, 9.17) is 4.52 Å². The highest BCUT2D eigenvalue weighted by atomic mass is 16.5. The van der Waals surface area contributed by atoms with Gasteiger partial charge in [-0.2, -0.15) is 10.1 Å². The van der Waals surface area contributed by atoms with Crippen LogP contribution in [0.25, 0.3) is 23.0 Å². The normalized spacial score (nSPS) is 10.8. The molecule has 6 nitrogen and oxygen atoms in total. The van der Waals surface area contributed by atoms with E-state index in [9.17, 15) is 5.11 Å². The molecule has 3 aromatic rings. The predicted molar refractivity (Wildman–Crippen MR) is 68.3 cm³/mol. The van der Waals surface area contributed by atoms with Crippen LogP contribution in [0.1, 0.15) is 5.56 Å². The van der Waals surface area contributed by atoms with Crippen molar-refractivity contribution in [2.75, 3.05) is 0 Å². The fourth-order valence-electron chi connectivity index (χ4n) is 1.72. The van der Waals surface area contributed by atoms with E-state index in [0.29, 0.717) is 23.0 Å². The topological polar surface area (TPSA) is 77.0 Å². The van der Waals surface area contributed by atoms with Gasteiger partial charge in [0.1, 0.15) is 11.4 Å². The number of hydrogen-bond donors (Lipinski definition) is 1. The molecule has 6 heteroatoms. The van der Waals surface area contributed by atoms with Gasteiger partial charge in [0.15, 0.2) is 0 Å². The highest BCUT2D eigenvalue weighted by Gasteiger charge is 2.13. The molecule has 0 fully saturated rings. The van der Waals surface area contributed by atoms with Crippen molar-refractivity contribution in [3.05, 3.63) is 36.0 Å². The first kappa shape index (κ1) is 11.5. The molecule has 0 aliphatic rings. The van der Waals surface area contributed by atoms with Crippen LogP contribution in [-0.4, -0.2) is 25.0 Å². The molecule has 0 spiro atoms. The second-order valence-electron chi connectivity index (χ2n) is 4.30. The summed E-state index contributed by atoms with van der Waals surface area (Å²) < 4.78 is 6.86. The Morgan fingerprint density at radius 3 is 2.79 bits per heavy atom. The van der Waals surface area contributed by atoms with Gasteiger partial charge in [-0.3, -0.25) is 4.68 Å². The number of nitrogens with zero attached hydrogens (tertiary/aromatic N) is 4. The van der Waals surface area contributed by atoms with E-state index >= 15 is 0 Å². The minimum atomic E-state index is 0.204. The summed E-state index contributed by atoms with van der Waals surface area (Å²) in [5.74, 6) is 0.988. The molecule has 3 rings (SSSR count). The summed E-state index contributed by atoms with van der Waals surface area (Å²) in [6.07, 6.45) is 1.81. The first-order valence-corrected chi connectivity index (χ1v) is 5.77. The fraction of sp³-hybridized carbons (Fsp3) is 0.154. The van der Waals surface area contributed by atoms with Gasteiger partial charge in [-0.25, -0.2) is 0 Å². The van der Waals surface area contributed by atoms with Gasteiger partial charge in [-0.05, 0) is 30.7 Å². The largest absolute Gasteiger partial charge is 0.508 e. The molecule has 0 radical (unpaired) electrons. The van der Waals surface area contributed by atoms with Crippen LogP contribution in [0.4, 0.5) is 0 Å². The zero-order valence-corrected chi connectivity index (χ0v) is 10.5. The van der Waals surface area contributed by atoms with Gasteiger partial charge in [0.2, 0.25) is 5.82 Å². The number of aryl methyl sites for hydroxylation is 2. The molecule has 96 valence electrons. The first-order chi connectivity index (χ1) is 9.13. The number of hydrogen-bond acceptors (Lipinski definition) is 5. The lowest BCUT2D eigenvalue weighted by Gasteiger charge is -1.99. The molecular formula is C13H12N4O2. The highest BCUT2D eigenvalue weighted by molar-refractivity contribution is 5.59. The Kier molecular flexibility index (Phi) is 2.56. The van der Waals surface area contributed by atoms with Crippen molar-refractivity contribution < 1.29 is 9.63 Å². The first-order valence-electron chi connectivity index (χ1n) is 5.77. The average Bonchev–Trinajstić information content (AvgIpc) is 3.01. The van der Waals surface area contributed by atoms with E-state index in [1.807, 2.05) is 26.2 Å². The molecule has 0 amide bonds. The Morgan fingerprint density at radius 1 is 1.26 bits per heavy atom. The second-order valence-corrected chi connectivity index (χ2v) is 4.30. The summed E-state index contributed by atoms with van der Waals surface area (Å²) >= 11 is 0. The molecule has 0 bridgehead atoms. The third kappa shape index (κ3) is 2.08. The van der Waals surface area contributed by atoms with Crippen molar-refractivity contribution in [2.24, 2.45) is 7.05 Å². The van der Waals surface area contributed by atoms with Crippen molar-refractivity contribution >= 4 is 0 Å². The summed E-state index contributed by atoms with van der Waals surface area (Å²) in [4.78, 5) is 4.27. The SMILES string of the molecule is Cc1ccc(-c2nc(-c3ccn(C)n3)no2)cc1O. The number of rotatable bonds is 2. The molecule has 2 aromatic heterocycles. The van der Waals surface area contributed by atoms with E-state index in [1.165, 1.54) is 0 Å². The zero-order valence-electron chi connectivity index (χ0n) is 10.5. The number of aromatic hydroxyl groups is 1. The maximum Gasteiger partial charge on any atom is 0.258 e. The Balaban J connectivity index is 1.98. The van der Waals surface area contributed by atoms with Crippen molar-refractivity contribution in [3.63, 3.8) is 0 Å². The summed E-state index contributed by atoms with van der Waals surface area (Å²) in [5.41, 5.74) is 2.12. The highest BCUT2D eigenvalue weighted by Crippen LogP contribution is 2.26. The fourth-order valence-corrected chi connectivity index (χ4v) is 1.72. The van der Waals surface area contributed by atoms with Crippen LogP contribution < -0.4 is 0 Å². The zero-order chi connectivity index (χ0) is 13.4. The smallest absolute Gasteiger partial charge is 0.258 e. The van der Waals surface area contributed by atoms with Crippen LogP contribution in [-0.2, 0) is 7.05 Å². The molecule has 0 saturated heterocycles. The van der Waals surface area contributed by atoms with E-state index < -0.39 is 0 Å². The van der Waals surface area contributed by atoms with Crippen molar-refractivity contribution in [1.29, 1.82) is 0 Å². The minimum Gasteiger partial charge on any atom is -0.508 e. The third-order valence-corrected chi connectivity index (χ3v) is 2.82. The Bertz CT molecular complexity index is 730. The maximum absolute atomic E-state index is 9.68. The Hall–Kier alpha value is -2.63. The van der Waals surface area contributed by atoms with Crippen LogP contribution >= 0.6 is 0 Å². The molecule has 0 saturated carbocycles. The second kappa shape index (κ2) is 4.24. The van der Waals surface area contributed by atoms with E-state index in [-0.39, 0.29) is 5.75 Å². The van der Waals surface area contributed by atoms with Crippen LogP contribution in [0.15, 0.2) is 35.0 Å². The molecule has 1 N–H and O–H groups in total. The number of phenolic OH excluding ortho intramolecular Hbond substituents is 1.